The molecule has 1 aromatic heterocycles. The first kappa shape index (κ1) is 20.9. The first-order valence-electron chi connectivity index (χ1n) is 9.95. The number of carbonyl (C=O) groups is 1. The Morgan fingerprint density at radius 3 is 2.39 bits per heavy atom. The highest BCUT2D eigenvalue weighted by Gasteiger charge is 2.17. The van der Waals surface area contributed by atoms with E-state index in [0.717, 1.165) is 11.1 Å². The SMILES string of the molecule is COC(=O)C(C)c1ccc(-n2c(SCc3ccccc3)nc3ccccc3c2=O)cc1. The number of carbonyl (C=O) groups excluding carboxylic acids is 1. The van der Waals surface area contributed by atoms with E-state index in [9.17, 15) is 9.59 Å². The number of thioether (sulfide) groups is 1. The van der Waals surface area contributed by atoms with E-state index in [-0.39, 0.29) is 17.4 Å². The Bertz CT molecular complexity index is 1270. The van der Waals surface area contributed by atoms with Crippen LogP contribution < -0.4 is 5.56 Å². The number of esters is 1. The molecule has 0 spiro atoms. The Morgan fingerprint density at radius 2 is 1.68 bits per heavy atom. The summed E-state index contributed by atoms with van der Waals surface area (Å²) in [6.45, 7) is 1.80. The smallest absolute Gasteiger partial charge is 0.312 e. The van der Waals surface area contributed by atoms with Gasteiger partial charge in [-0.05, 0) is 42.3 Å². The lowest BCUT2D eigenvalue weighted by atomic mass is 10.0. The fraction of sp³-hybridized carbons (Fsp3) is 0.160. The molecule has 156 valence electrons. The normalized spacial score (nSPS) is 11.9. The molecule has 3 aromatic carbocycles. The van der Waals surface area contributed by atoms with Crippen molar-refractivity contribution in [1.82, 2.24) is 9.55 Å². The molecule has 0 radical (unpaired) electrons. The van der Waals surface area contributed by atoms with Crippen LogP contribution in [0.3, 0.4) is 0 Å². The lowest BCUT2D eigenvalue weighted by Gasteiger charge is -2.15. The molecule has 0 saturated heterocycles. The molecule has 1 atom stereocenters. The number of fused-ring (bicyclic) bond motifs is 1. The van der Waals surface area contributed by atoms with Gasteiger partial charge < -0.3 is 4.74 Å². The summed E-state index contributed by atoms with van der Waals surface area (Å²) in [5, 5.41) is 1.19. The molecule has 0 aliphatic rings. The largest absolute Gasteiger partial charge is 0.469 e. The summed E-state index contributed by atoms with van der Waals surface area (Å²) in [7, 11) is 1.38. The monoisotopic (exact) mass is 430 g/mol. The summed E-state index contributed by atoms with van der Waals surface area (Å²) in [6, 6.07) is 24.9. The van der Waals surface area contributed by atoms with Crippen LogP contribution in [0.2, 0.25) is 0 Å². The Hall–Kier alpha value is -3.38. The summed E-state index contributed by atoms with van der Waals surface area (Å²) in [6.07, 6.45) is 0. The van der Waals surface area contributed by atoms with Crippen molar-refractivity contribution >= 4 is 28.6 Å². The predicted molar refractivity (Wildman–Crippen MR) is 124 cm³/mol. The maximum Gasteiger partial charge on any atom is 0.312 e. The second kappa shape index (κ2) is 9.18. The van der Waals surface area contributed by atoms with Gasteiger partial charge in [0.1, 0.15) is 0 Å². The van der Waals surface area contributed by atoms with Crippen molar-refractivity contribution in [2.24, 2.45) is 0 Å². The third-order valence-electron chi connectivity index (χ3n) is 5.16. The molecule has 4 rings (SSSR count). The average Bonchev–Trinajstić information content (AvgIpc) is 2.82. The van der Waals surface area contributed by atoms with Crippen LogP contribution >= 0.6 is 11.8 Å². The standard InChI is InChI=1S/C25H22N2O3S/c1-17(24(29)30-2)19-12-14-20(15-13-19)27-23(28)21-10-6-7-11-22(21)26-25(27)31-16-18-8-4-3-5-9-18/h3-15,17H,16H2,1-2H3. The van der Waals surface area contributed by atoms with E-state index in [4.69, 9.17) is 9.72 Å². The molecule has 5 nitrogen and oxygen atoms in total. The van der Waals surface area contributed by atoms with Gasteiger partial charge in [-0.25, -0.2) is 4.98 Å². The lowest BCUT2D eigenvalue weighted by molar-refractivity contribution is -0.141. The van der Waals surface area contributed by atoms with Gasteiger partial charge in [0.25, 0.3) is 5.56 Å². The van der Waals surface area contributed by atoms with Gasteiger partial charge in [0.05, 0.1) is 29.6 Å². The number of rotatable bonds is 6. The maximum atomic E-state index is 13.4. The molecule has 4 aromatic rings. The number of hydrogen-bond donors (Lipinski definition) is 0. The summed E-state index contributed by atoms with van der Waals surface area (Å²) in [4.78, 5) is 30.0. The molecule has 1 heterocycles. The molecule has 31 heavy (non-hydrogen) atoms. The highest BCUT2D eigenvalue weighted by atomic mass is 32.2. The topological polar surface area (TPSA) is 61.2 Å². The molecule has 0 aliphatic carbocycles. The Morgan fingerprint density at radius 1 is 1.00 bits per heavy atom. The summed E-state index contributed by atoms with van der Waals surface area (Å²) >= 11 is 1.52. The van der Waals surface area contributed by atoms with E-state index in [1.165, 1.54) is 18.9 Å². The van der Waals surface area contributed by atoms with E-state index in [0.29, 0.717) is 27.5 Å². The number of nitrogens with zero attached hydrogens (tertiary/aromatic N) is 2. The van der Waals surface area contributed by atoms with Crippen LogP contribution in [-0.4, -0.2) is 22.6 Å². The average molecular weight is 431 g/mol. The van der Waals surface area contributed by atoms with Crippen LogP contribution in [-0.2, 0) is 15.3 Å². The van der Waals surface area contributed by atoms with Crippen molar-refractivity contribution in [3.63, 3.8) is 0 Å². The van der Waals surface area contributed by atoms with Gasteiger partial charge in [-0.1, -0.05) is 66.4 Å². The Balaban J connectivity index is 1.77. The molecular formula is C25H22N2O3S. The zero-order chi connectivity index (χ0) is 21.8. The molecule has 0 aliphatic heterocycles. The molecule has 0 fully saturated rings. The number of aromatic nitrogens is 2. The zero-order valence-electron chi connectivity index (χ0n) is 17.3. The fourth-order valence-electron chi connectivity index (χ4n) is 3.38. The molecule has 1 unspecified atom stereocenters. The second-order valence-corrected chi connectivity index (χ2v) is 8.11. The third kappa shape index (κ3) is 4.39. The van der Waals surface area contributed by atoms with Crippen LogP contribution in [0.1, 0.15) is 24.0 Å². The summed E-state index contributed by atoms with van der Waals surface area (Å²) < 4.78 is 6.48. The molecule has 0 saturated carbocycles. The lowest BCUT2D eigenvalue weighted by Crippen LogP contribution is -2.22. The second-order valence-electron chi connectivity index (χ2n) is 7.16. The molecule has 0 N–H and O–H groups in total. The number of benzene rings is 3. The van der Waals surface area contributed by atoms with Crippen LogP contribution in [0, 0.1) is 0 Å². The number of hydrogen-bond acceptors (Lipinski definition) is 5. The van der Waals surface area contributed by atoms with Crippen LogP contribution in [0.25, 0.3) is 16.6 Å². The first-order valence-corrected chi connectivity index (χ1v) is 10.9. The van der Waals surface area contributed by atoms with Crippen molar-refractivity contribution in [1.29, 1.82) is 0 Å². The van der Waals surface area contributed by atoms with Gasteiger partial charge in [0.15, 0.2) is 5.16 Å². The van der Waals surface area contributed by atoms with Crippen LogP contribution in [0.4, 0.5) is 0 Å². The number of para-hydroxylation sites is 1. The van der Waals surface area contributed by atoms with Gasteiger partial charge in [0, 0.05) is 5.75 Å². The van der Waals surface area contributed by atoms with E-state index in [1.807, 2.05) is 60.7 Å². The van der Waals surface area contributed by atoms with Gasteiger partial charge in [-0.15, -0.1) is 0 Å². The summed E-state index contributed by atoms with van der Waals surface area (Å²) in [5.41, 5.74) is 3.25. The fourth-order valence-corrected chi connectivity index (χ4v) is 4.35. The Kier molecular flexibility index (Phi) is 6.18. The minimum atomic E-state index is -0.377. The van der Waals surface area contributed by atoms with Gasteiger partial charge >= 0.3 is 5.97 Å². The maximum absolute atomic E-state index is 13.4. The molecule has 6 heteroatoms. The number of ether oxygens (including phenoxy) is 1. The van der Waals surface area contributed by atoms with E-state index >= 15 is 0 Å². The minimum Gasteiger partial charge on any atom is -0.469 e. The molecule has 0 amide bonds. The first-order chi connectivity index (χ1) is 15.1. The zero-order valence-corrected chi connectivity index (χ0v) is 18.1. The quantitative estimate of drug-likeness (QED) is 0.246. The highest BCUT2D eigenvalue weighted by Crippen LogP contribution is 2.26. The molecular weight excluding hydrogens is 408 g/mol. The highest BCUT2D eigenvalue weighted by molar-refractivity contribution is 7.98. The van der Waals surface area contributed by atoms with Gasteiger partial charge in [-0.2, -0.15) is 0 Å². The summed E-state index contributed by atoms with van der Waals surface area (Å²) in [5.74, 6) is 0.0251. The Labute approximate surface area is 184 Å². The van der Waals surface area contributed by atoms with Crippen molar-refractivity contribution < 1.29 is 9.53 Å². The van der Waals surface area contributed by atoms with Crippen molar-refractivity contribution in [3.8, 4) is 5.69 Å². The number of methoxy groups -OCH3 is 1. The third-order valence-corrected chi connectivity index (χ3v) is 6.17. The van der Waals surface area contributed by atoms with E-state index < -0.39 is 0 Å². The van der Waals surface area contributed by atoms with Crippen molar-refractivity contribution in [2.75, 3.05) is 7.11 Å². The predicted octanol–water partition coefficient (Wildman–Crippen LogP) is 4.95. The van der Waals surface area contributed by atoms with Gasteiger partial charge in [0.2, 0.25) is 0 Å². The van der Waals surface area contributed by atoms with Crippen LogP contribution in [0.15, 0.2) is 88.8 Å². The minimum absolute atomic E-state index is 0.116. The molecule has 0 bridgehead atoms. The van der Waals surface area contributed by atoms with Crippen molar-refractivity contribution in [2.45, 2.75) is 23.8 Å². The van der Waals surface area contributed by atoms with Gasteiger partial charge in [-0.3, -0.25) is 14.2 Å². The van der Waals surface area contributed by atoms with Crippen molar-refractivity contribution in [3.05, 3.63) is 100 Å². The van der Waals surface area contributed by atoms with E-state index in [2.05, 4.69) is 12.1 Å². The van der Waals surface area contributed by atoms with E-state index in [1.54, 1.807) is 17.6 Å². The van der Waals surface area contributed by atoms with Crippen LogP contribution in [0.5, 0.6) is 0 Å².